The van der Waals surface area contributed by atoms with Crippen molar-refractivity contribution in [2.45, 2.75) is 19.4 Å². The lowest BCUT2D eigenvalue weighted by Gasteiger charge is -2.14. The minimum Gasteiger partial charge on any atom is -0.324 e. The molecule has 1 aromatic heterocycles. The fourth-order valence-corrected chi connectivity index (χ4v) is 3.28. The molecule has 0 radical (unpaired) electrons. The molecular weight excluding hydrogens is 324 g/mol. The zero-order valence-electron chi connectivity index (χ0n) is 11.9. The normalized spacial score (nSPS) is 12.5. The van der Waals surface area contributed by atoms with Gasteiger partial charge in [-0.15, -0.1) is 0 Å². The van der Waals surface area contributed by atoms with Crippen molar-refractivity contribution in [2.24, 2.45) is 5.73 Å². The maximum Gasteiger partial charge on any atom is 0.0705 e. The summed E-state index contributed by atoms with van der Waals surface area (Å²) in [5.41, 5.74) is 10.7. The van der Waals surface area contributed by atoms with Crippen molar-refractivity contribution < 1.29 is 0 Å². The van der Waals surface area contributed by atoms with Crippen LogP contribution in [0.15, 0.2) is 59.1 Å². The van der Waals surface area contributed by atoms with Crippen LogP contribution in [0.2, 0.25) is 0 Å². The van der Waals surface area contributed by atoms with Crippen LogP contribution in [-0.2, 0) is 6.42 Å². The summed E-state index contributed by atoms with van der Waals surface area (Å²) in [6.45, 7) is 2.07. The van der Waals surface area contributed by atoms with Crippen molar-refractivity contribution in [2.75, 3.05) is 0 Å². The summed E-state index contributed by atoms with van der Waals surface area (Å²) in [6, 6.07) is 18.5. The number of nitrogens with zero attached hydrogens (tertiary/aromatic N) is 1. The van der Waals surface area contributed by atoms with E-state index in [2.05, 4.69) is 59.3 Å². The predicted molar refractivity (Wildman–Crippen MR) is 91.3 cm³/mol. The number of hydrogen-bond donors (Lipinski definition) is 1. The monoisotopic (exact) mass is 340 g/mol. The molecule has 2 aromatic carbocycles. The van der Waals surface area contributed by atoms with E-state index < -0.39 is 0 Å². The van der Waals surface area contributed by atoms with Crippen LogP contribution in [0.4, 0.5) is 0 Å². The molecule has 1 unspecified atom stereocenters. The second-order valence-electron chi connectivity index (χ2n) is 5.33. The predicted octanol–water partition coefficient (Wildman–Crippen LogP) is 4.55. The van der Waals surface area contributed by atoms with Gasteiger partial charge in [0, 0.05) is 28.0 Å². The Morgan fingerprint density at radius 2 is 1.90 bits per heavy atom. The number of para-hydroxylation sites is 1. The van der Waals surface area contributed by atoms with Crippen molar-refractivity contribution in [3.8, 4) is 0 Å². The van der Waals surface area contributed by atoms with Crippen LogP contribution in [0.5, 0.6) is 0 Å². The third kappa shape index (κ3) is 3.14. The van der Waals surface area contributed by atoms with Gasteiger partial charge < -0.3 is 5.73 Å². The number of benzene rings is 2. The Bertz CT molecular complexity index is 783. The Morgan fingerprint density at radius 3 is 2.71 bits per heavy atom. The topological polar surface area (TPSA) is 38.9 Å². The standard InChI is InChI=1S/C18H17BrN2/c1-12-6-9-15(16(19)10-12)17(20)11-14-8-7-13-4-2-3-5-18(13)21-14/h2-10,17H,11,20H2,1H3. The highest BCUT2D eigenvalue weighted by molar-refractivity contribution is 9.10. The van der Waals surface area contributed by atoms with Gasteiger partial charge in [0.1, 0.15) is 0 Å². The molecule has 1 heterocycles. The molecule has 0 aliphatic rings. The van der Waals surface area contributed by atoms with Gasteiger partial charge in [-0.05, 0) is 36.2 Å². The molecule has 0 aliphatic carbocycles. The number of hydrogen-bond acceptors (Lipinski definition) is 2. The van der Waals surface area contributed by atoms with Gasteiger partial charge in [-0.1, -0.05) is 52.3 Å². The van der Waals surface area contributed by atoms with Crippen LogP contribution in [0.3, 0.4) is 0 Å². The van der Waals surface area contributed by atoms with Crippen molar-refractivity contribution in [3.05, 3.63) is 75.9 Å². The fraction of sp³-hybridized carbons (Fsp3) is 0.167. The van der Waals surface area contributed by atoms with E-state index >= 15 is 0 Å². The summed E-state index contributed by atoms with van der Waals surface area (Å²) in [4.78, 5) is 4.69. The molecule has 3 aromatic rings. The van der Waals surface area contributed by atoms with Gasteiger partial charge in [0.15, 0.2) is 0 Å². The fourth-order valence-electron chi connectivity index (χ4n) is 2.49. The minimum atomic E-state index is -0.0614. The van der Waals surface area contributed by atoms with Gasteiger partial charge in [0.25, 0.3) is 0 Å². The first-order valence-corrected chi connectivity index (χ1v) is 7.79. The molecule has 0 bridgehead atoms. The zero-order chi connectivity index (χ0) is 14.8. The lowest BCUT2D eigenvalue weighted by molar-refractivity contribution is 0.705. The van der Waals surface area contributed by atoms with E-state index in [0.29, 0.717) is 0 Å². The minimum absolute atomic E-state index is 0.0614. The number of pyridine rings is 1. The zero-order valence-corrected chi connectivity index (χ0v) is 13.5. The molecule has 0 amide bonds. The quantitative estimate of drug-likeness (QED) is 0.759. The number of nitrogens with two attached hydrogens (primary N) is 1. The van der Waals surface area contributed by atoms with Crippen LogP contribution in [0.25, 0.3) is 10.9 Å². The number of halogens is 1. The van der Waals surface area contributed by atoms with Crippen LogP contribution in [0, 0.1) is 6.92 Å². The smallest absolute Gasteiger partial charge is 0.0705 e. The summed E-state index contributed by atoms with van der Waals surface area (Å²) in [7, 11) is 0. The van der Waals surface area contributed by atoms with E-state index in [1.165, 1.54) is 5.56 Å². The summed E-state index contributed by atoms with van der Waals surface area (Å²) in [5.74, 6) is 0. The molecule has 21 heavy (non-hydrogen) atoms. The molecule has 2 nitrogen and oxygen atoms in total. The van der Waals surface area contributed by atoms with Gasteiger partial charge in [-0.2, -0.15) is 0 Å². The first-order valence-electron chi connectivity index (χ1n) is 7.00. The third-order valence-electron chi connectivity index (χ3n) is 3.64. The molecule has 0 spiro atoms. The van der Waals surface area contributed by atoms with Crippen LogP contribution in [0.1, 0.15) is 22.9 Å². The Hall–Kier alpha value is -1.71. The van der Waals surface area contributed by atoms with Gasteiger partial charge >= 0.3 is 0 Å². The first-order chi connectivity index (χ1) is 10.1. The third-order valence-corrected chi connectivity index (χ3v) is 4.33. The summed E-state index contributed by atoms with van der Waals surface area (Å²) >= 11 is 3.60. The molecule has 0 saturated heterocycles. The summed E-state index contributed by atoms with van der Waals surface area (Å²) < 4.78 is 1.07. The maximum absolute atomic E-state index is 6.35. The van der Waals surface area contributed by atoms with E-state index in [4.69, 9.17) is 10.7 Å². The Kier molecular flexibility index (Phi) is 4.04. The SMILES string of the molecule is Cc1ccc(C(N)Cc2ccc3ccccc3n2)c(Br)c1. The van der Waals surface area contributed by atoms with Gasteiger partial charge in [-0.3, -0.25) is 4.98 Å². The molecule has 3 heteroatoms. The Labute approximate surface area is 133 Å². The molecule has 1 atom stereocenters. The maximum atomic E-state index is 6.35. The number of aryl methyl sites for hydroxylation is 1. The van der Waals surface area contributed by atoms with Crippen molar-refractivity contribution >= 4 is 26.8 Å². The molecule has 2 N–H and O–H groups in total. The second-order valence-corrected chi connectivity index (χ2v) is 6.19. The summed E-state index contributed by atoms with van der Waals surface area (Å²) in [6.07, 6.45) is 0.729. The Balaban J connectivity index is 1.87. The molecular formula is C18H17BrN2. The van der Waals surface area contributed by atoms with E-state index in [-0.39, 0.29) is 6.04 Å². The highest BCUT2D eigenvalue weighted by atomic mass is 79.9. The first kappa shape index (κ1) is 14.2. The van der Waals surface area contributed by atoms with E-state index in [1.54, 1.807) is 0 Å². The van der Waals surface area contributed by atoms with Crippen LogP contribution < -0.4 is 5.73 Å². The molecule has 0 saturated carbocycles. The van der Waals surface area contributed by atoms with Crippen LogP contribution in [-0.4, -0.2) is 4.98 Å². The van der Waals surface area contributed by atoms with Gasteiger partial charge in [-0.25, -0.2) is 0 Å². The van der Waals surface area contributed by atoms with Crippen LogP contribution >= 0.6 is 15.9 Å². The summed E-state index contributed by atoms with van der Waals surface area (Å²) in [5, 5.41) is 1.16. The molecule has 3 rings (SSSR count). The van der Waals surface area contributed by atoms with E-state index in [9.17, 15) is 0 Å². The van der Waals surface area contributed by atoms with E-state index in [0.717, 1.165) is 33.1 Å². The highest BCUT2D eigenvalue weighted by Gasteiger charge is 2.12. The number of aromatic nitrogens is 1. The highest BCUT2D eigenvalue weighted by Crippen LogP contribution is 2.25. The van der Waals surface area contributed by atoms with E-state index in [1.807, 2.05) is 18.2 Å². The van der Waals surface area contributed by atoms with Gasteiger partial charge in [0.05, 0.1) is 5.52 Å². The van der Waals surface area contributed by atoms with Gasteiger partial charge in [0.2, 0.25) is 0 Å². The second kappa shape index (κ2) is 5.96. The Morgan fingerprint density at radius 1 is 1.10 bits per heavy atom. The van der Waals surface area contributed by atoms with Crippen molar-refractivity contribution in [1.29, 1.82) is 0 Å². The largest absolute Gasteiger partial charge is 0.324 e. The molecule has 106 valence electrons. The lowest BCUT2D eigenvalue weighted by atomic mass is 10.0. The molecule has 0 aliphatic heterocycles. The number of rotatable bonds is 3. The molecule has 0 fully saturated rings. The lowest BCUT2D eigenvalue weighted by Crippen LogP contribution is -2.14. The van der Waals surface area contributed by atoms with Crippen molar-refractivity contribution in [1.82, 2.24) is 4.98 Å². The average molecular weight is 341 g/mol. The van der Waals surface area contributed by atoms with Crippen molar-refractivity contribution in [3.63, 3.8) is 0 Å². The number of fused-ring (bicyclic) bond motifs is 1. The average Bonchev–Trinajstić information content (AvgIpc) is 2.47.